The Morgan fingerprint density at radius 2 is 2.18 bits per heavy atom. The van der Waals surface area contributed by atoms with Crippen LogP contribution in [-0.4, -0.2) is 30.8 Å². The van der Waals surface area contributed by atoms with Gasteiger partial charge >= 0.3 is 5.69 Å². The minimum atomic E-state index is -1.25. The maximum Gasteiger partial charge on any atom is 0.329 e. The van der Waals surface area contributed by atoms with Gasteiger partial charge in [0, 0.05) is 24.4 Å². The molecule has 0 spiro atoms. The van der Waals surface area contributed by atoms with Crippen LogP contribution in [0, 0.1) is 0 Å². The van der Waals surface area contributed by atoms with Crippen molar-refractivity contribution in [1.29, 1.82) is 0 Å². The molecule has 2 heterocycles. The molecule has 0 aliphatic rings. The number of imidazole rings is 1. The molecule has 0 saturated carbocycles. The van der Waals surface area contributed by atoms with E-state index in [1.54, 1.807) is 13.0 Å². The molecular weight excluding hydrogens is 332 g/mol. The van der Waals surface area contributed by atoms with Crippen LogP contribution in [0.25, 0.3) is 11.2 Å². The molecule has 0 aromatic carbocycles. The number of carboxylic acid groups (broad SMARTS) is 1. The zero-order chi connectivity index (χ0) is 16.4. The van der Waals surface area contributed by atoms with Gasteiger partial charge in [-0.05, 0) is 6.92 Å². The van der Waals surface area contributed by atoms with E-state index >= 15 is 0 Å². The molecule has 0 fully saturated rings. The fourth-order valence-electron chi connectivity index (χ4n) is 1.83. The van der Waals surface area contributed by atoms with Gasteiger partial charge in [0.2, 0.25) is 0 Å². The summed E-state index contributed by atoms with van der Waals surface area (Å²) < 4.78 is 2.70. The lowest BCUT2D eigenvalue weighted by atomic mass is 10.4. The molecule has 2 aromatic rings. The van der Waals surface area contributed by atoms with Gasteiger partial charge in [-0.2, -0.15) is 0 Å². The highest BCUT2D eigenvalue weighted by molar-refractivity contribution is 7.99. The van der Waals surface area contributed by atoms with Gasteiger partial charge in [0.05, 0.1) is 5.97 Å². The summed E-state index contributed by atoms with van der Waals surface area (Å²) in [4.78, 5) is 40.7. The predicted molar refractivity (Wildman–Crippen MR) is 80.9 cm³/mol. The number of aryl methyl sites for hydroxylation is 1. The number of rotatable bonds is 5. The summed E-state index contributed by atoms with van der Waals surface area (Å²) in [6.45, 7) is 1.90. The fraction of sp³-hybridized carbons (Fsp3) is 0.333. The topological polar surface area (TPSA) is 113 Å². The Morgan fingerprint density at radius 1 is 1.50 bits per heavy atom. The Bertz CT molecular complexity index is 876. The number of fused-ring (bicyclic) bond motifs is 1. The molecule has 0 atom stereocenters. The number of aliphatic carboxylic acids is 1. The number of carbonyl (C=O) groups excluding carboxylic acids is 1. The number of halogens is 1. The van der Waals surface area contributed by atoms with Crippen LogP contribution in [0.1, 0.15) is 6.92 Å². The zero-order valence-electron chi connectivity index (χ0n) is 11.8. The second kappa shape index (κ2) is 6.41. The largest absolute Gasteiger partial charge is 0.549 e. The van der Waals surface area contributed by atoms with Gasteiger partial charge in [0.15, 0.2) is 16.3 Å². The first-order valence-electron chi connectivity index (χ1n) is 6.15. The van der Waals surface area contributed by atoms with E-state index < -0.39 is 17.2 Å². The maximum atomic E-state index is 12.0. The quantitative estimate of drug-likeness (QED) is 0.726. The van der Waals surface area contributed by atoms with E-state index in [0.29, 0.717) is 10.2 Å². The van der Waals surface area contributed by atoms with Crippen LogP contribution in [0.2, 0.25) is 0 Å². The number of carboxylic acids is 1. The van der Waals surface area contributed by atoms with Crippen molar-refractivity contribution in [2.24, 2.45) is 7.05 Å². The second-order valence-electron chi connectivity index (χ2n) is 4.45. The molecule has 1 N–H and O–H groups in total. The average molecular weight is 344 g/mol. The molecule has 118 valence electrons. The van der Waals surface area contributed by atoms with E-state index in [2.05, 4.69) is 9.97 Å². The lowest BCUT2D eigenvalue weighted by Gasteiger charge is -2.06. The average Bonchev–Trinajstić information content (AvgIpc) is 2.79. The van der Waals surface area contributed by atoms with Gasteiger partial charge in [-0.3, -0.25) is 14.3 Å². The van der Waals surface area contributed by atoms with Crippen LogP contribution in [0.4, 0.5) is 0 Å². The van der Waals surface area contributed by atoms with Crippen LogP contribution >= 0.6 is 23.4 Å². The Labute approximate surface area is 133 Å². The van der Waals surface area contributed by atoms with Crippen LogP contribution in [0.15, 0.2) is 25.9 Å². The minimum absolute atomic E-state index is 0.176. The summed E-state index contributed by atoms with van der Waals surface area (Å²) in [5.74, 6) is -1.57. The number of hydrogen-bond donors (Lipinski definition) is 1. The fourth-order valence-corrected chi connectivity index (χ4v) is 2.62. The number of H-pyrrole nitrogens is 1. The van der Waals surface area contributed by atoms with Gasteiger partial charge in [-0.25, -0.2) is 9.78 Å². The normalized spacial score (nSPS) is 12.0. The van der Waals surface area contributed by atoms with E-state index in [-0.39, 0.29) is 23.5 Å². The van der Waals surface area contributed by atoms with E-state index in [0.717, 1.165) is 11.8 Å². The number of thioether (sulfide) groups is 1. The number of carbonyl (C=O) groups is 1. The van der Waals surface area contributed by atoms with Crippen molar-refractivity contribution in [3.8, 4) is 0 Å². The van der Waals surface area contributed by atoms with Crippen LogP contribution in [0.5, 0.6) is 0 Å². The van der Waals surface area contributed by atoms with Crippen molar-refractivity contribution >= 4 is 40.5 Å². The van der Waals surface area contributed by atoms with E-state index in [4.69, 9.17) is 11.6 Å². The van der Waals surface area contributed by atoms with Gasteiger partial charge in [0.25, 0.3) is 5.56 Å². The Kier molecular flexibility index (Phi) is 4.77. The van der Waals surface area contributed by atoms with Crippen molar-refractivity contribution < 1.29 is 9.90 Å². The molecule has 22 heavy (non-hydrogen) atoms. The Morgan fingerprint density at radius 3 is 2.77 bits per heavy atom. The zero-order valence-corrected chi connectivity index (χ0v) is 13.3. The first-order chi connectivity index (χ1) is 10.3. The number of aromatic nitrogens is 4. The minimum Gasteiger partial charge on any atom is -0.549 e. The van der Waals surface area contributed by atoms with Gasteiger partial charge in [-0.1, -0.05) is 29.4 Å². The summed E-state index contributed by atoms with van der Waals surface area (Å²) in [5.41, 5.74) is -0.832. The monoisotopic (exact) mass is 343 g/mol. The molecule has 0 unspecified atom stereocenters. The lowest BCUT2D eigenvalue weighted by molar-refractivity contribution is -0.301. The highest BCUT2D eigenvalue weighted by Crippen LogP contribution is 2.21. The number of nitrogens with zero attached hydrogens (tertiary/aromatic N) is 3. The lowest BCUT2D eigenvalue weighted by Crippen LogP contribution is -2.29. The van der Waals surface area contributed by atoms with Crippen molar-refractivity contribution in [1.82, 2.24) is 19.1 Å². The standard InChI is InChI=1S/C12H13ClN4O4S/c1-6(13)3-4-17-8-9(14-12(17)22-5-7(18)19)16(2)11(21)15-10(8)20/h3H,4-5H2,1-2H3,(H,18,19)(H,15,20,21)/p-1/b6-3-. The molecule has 0 aliphatic carbocycles. The van der Waals surface area contributed by atoms with Crippen LogP contribution in [-0.2, 0) is 18.4 Å². The molecule has 8 nitrogen and oxygen atoms in total. The molecule has 0 radical (unpaired) electrons. The van der Waals surface area contributed by atoms with Crippen molar-refractivity contribution in [3.05, 3.63) is 31.9 Å². The van der Waals surface area contributed by atoms with Crippen LogP contribution < -0.4 is 16.4 Å². The number of allylic oxidation sites excluding steroid dienone is 2. The third-order valence-corrected chi connectivity index (χ3v) is 3.95. The summed E-state index contributed by atoms with van der Waals surface area (Å²) in [7, 11) is 1.47. The van der Waals surface area contributed by atoms with Gasteiger partial charge < -0.3 is 14.5 Å². The molecule has 0 saturated heterocycles. The maximum absolute atomic E-state index is 12.0. The van der Waals surface area contributed by atoms with E-state index in [9.17, 15) is 19.5 Å². The Balaban J connectivity index is 2.69. The first kappa shape index (κ1) is 16.4. The van der Waals surface area contributed by atoms with Crippen molar-refractivity contribution in [2.45, 2.75) is 18.6 Å². The van der Waals surface area contributed by atoms with Crippen LogP contribution in [0.3, 0.4) is 0 Å². The van der Waals surface area contributed by atoms with Gasteiger partial charge in [0.1, 0.15) is 0 Å². The molecule has 0 bridgehead atoms. The number of aromatic amines is 1. The number of hydrogen-bond acceptors (Lipinski definition) is 6. The molecule has 10 heteroatoms. The molecular formula is C12H12ClN4O4S-. The third kappa shape index (κ3) is 3.25. The van der Waals surface area contributed by atoms with Gasteiger partial charge in [-0.15, -0.1) is 0 Å². The summed E-state index contributed by atoms with van der Waals surface area (Å²) in [6.07, 6.45) is 1.65. The highest BCUT2D eigenvalue weighted by Gasteiger charge is 2.17. The SMILES string of the molecule is C/C(Cl)=C/Cn1c(SCC(=O)[O-])nc2c1c(=O)[nH]c(=O)n2C. The Hall–Kier alpha value is -2.00. The highest BCUT2D eigenvalue weighted by atomic mass is 35.5. The second-order valence-corrected chi connectivity index (χ2v) is 5.99. The molecule has 0 aliphatic heterocycles. The summed E-state index contributed by atoms with van der Waals surface area (Å²) >= 11 is 6.70. The smallest absolute Gasteiger partial charge is 0.329 e. The predicted octanol–water partition coefficient (Wildman–Crippen LogP) is -0.592. The molecule has 0 amide bonds. The molecule has 2 rings (SSSR count). The number of nitrogens with one attached hydrogen (secondary N) is 1. The third-order valence-electron chi connectivity index (χ3n) is 2.85. The van der Waals surface area contributed by atoms with E-state index in [1.165, 1.54) is 16.2 Å². The molecule has 2 aromatic heterocycles. The summed E-state index contributed by atoms with van der Waals surface area (Å²) in [5, 5.41) is 11.4. The van der Waals surface area contributed by atoms with Crippen molar-refractivity contribution in [3.63, 3.8) is 0 Å². The first-order valence-corrected chi connectivity index (χ1v) is 7.52. The summed E-state index contributed by atoms with van der Waals surface area (Å²) in [6, 6.07) is 0. The van der Waals surface area contributed by atoms with Crippen molar-refractivity contribution in [2.75, 3.05) is 5.75 Å². The van der Waals surface area contributed by atoms with E-state index in [1.807, 2.05) is 0 Å².